The number of rotatable bonds is 5. The summed E-state index contributed by atoms with van der Waals surface area (Å²) >= 11 is 1.88. The molecule has 0 bridgehead atoms. The highest BCUT2D eigenvalue weighted by Gasteiger charge is 2.19. The summed E-state index contributed by atoms with van der Waals surface area (Å²) in [5.74, 6) is 0. The Morgan fingerprint density at radius 3 is 1.63 bits per heavy atom. The second kappa shape index (κ2) is 11.0. The van der Waals surface area contributed by atoms with Crippen LogP contribution in [0.4, 0.5) is 17.1 Å². The zero-order valence-corrected chi connectivity index (χ0v) is 25.9. The fourth-order valence-corrected chi connectivity index (χ4v) is 7.97. The first-order valence-electron chi connectivity index (χ1n) is 15.7. The van der Waals surface area contributed by atoms with Gasteiger partial charge in [0.1, 0.15) is 0 Å². The van der Waals surface area contributed by atoms with E-state index < -0.39 is 0 Å². The van der Waals surface area contributed by atoms with Crippen LogP contribution in [0.3, 0.4) is 0 Å². The molecule has 1 nitrogen and oxygen atoms in total. The standard InChI is InChI=1S/C44H29NS/c1-2-10-30(11-3-1)32-20-24-36(25-21-32)45(37-26-22-33(23-27-37)35-19-18-31-12-4-5-13-34(31)28-35)42-29-41-39-15-8-9-17-43(39)46-44(41)40-16-7-6-14-38(40)42/h1-29H. The van der Waals surface area contributed by atoms with E-state index in [1.54, 1.807) is 0 Å². The second-order valence-corrected chi connectivity index (χ2v) is 12.8. The summed E-state index contributed by atoms with van der Waals surface area (Å²) in [6.07, 6.45) is 0. The molecule has 1 heterocycles. The lowest BCUT2D eigenvalue weighted by molar-refractivity contribution is 1.30. The van der Waals surface area contributed by atoms with Crippen LogP contribution in [0.2, 0.25) is 0 Å². The van der Waals surface area contributed by atoms with Gasteiger partial charge >= 0.3 is 0 Å². The Morgan fingerprint density at radius 1 is 0.348 bits per heavy atom. The molecule has 0 unspecified atom stereocenters. The van der Waals surface area contributed by atoms with E-state index in [-0.39, 0.29) is 0 Å². The van der Waals surface area contributed by atoms with E-state index in [0.29, 0.717) is 0 Å². The molecule has 216 valence electrons. The summed E-state index contributed by atoms with van der Waals surface area (Å²) < 4.78 is 2.66. The largest absolute Gasteiger partial charge is 0.310 e. The van der Waals surface area contributed by atoms with Gasteiger partial charge in [-0.3, -0.25) is 0 Å². The first kappa shape index (κ1) is 26.7. The first-order valence-corrected chi connectivity index (χ1v) is 16.5. The van der Waals surface area contributed by atoms with Crippen molar-refractivity contribution in [3.8, 4) is 22.3 Å². The molecular weight excluding hydrogens is 575 g/mol. The Morgan fingerprint density at radius 2 is 0.891 bits per heavy atom. The zero-order valence-electron chi connectivity index (χ0n) is 25.1. The van der Waals surface area contributed by atoms with Gasteiger partial charge in [0.05, 0.1) is 5.69 Å². The molecule has 9 aromatic rings. The van der Waals surface area contributed by atoms with E-state index in [1.807, 2.05) is 11.3 Å². The molecule has 0 saturated heterocycles. The third-order valence-corrected chi connectivity index (χ3v) is 10.3. The minimum Gasteiger partial charge on any atom is -0.310 e. The molecule has 2 heteroatoms. The average molecular weight is 604 g/mol. The molecule has 0 amide bonds. The highest BCUT2D eigenvalue weighted by Crippen LogP contribution is 2.46. The van der Waals surface area contributed by atoms with Crippen molar-refractivity contribution >= 4 is 70.1 Å². The van der Waals surface area contributed by atoms with Gasteiger partial charge in [0.2, 0.25) is 0 Å². The highest BCUT2D eigenvalue weighted by atomic mass is 32.1. The molecule has 0 atom stereocenters. The smallest absolute Gasteiger partial charge is 0.0547 e. The molecule has 0 aliphatic carbocycles. The van der Waals surface area contributed by atoms with Crippen LogP contribution in [-0.2, 0) is 0 Å². The van der Waals surface area contributed by atoms with Crippen LogP contribution in [-0.4, -0.2) is 0 Å². The Kier molecular flexibility index (Phi) is 6.40. The highest BCUT2D eigenvalue weighted by molar-refractivity contribution is 7.26. The molecule has 9 rings (SSSR count). The predicted molar refractivity (Wildman–Crippen MR) is 200 cm³/mol. The maximum Gasteiger partial charge on any atom is 0.0547 e. The summed E-state index contributed by atoms with van der Waals surface area (Å²) in [6, 6.07) is 63.9. The van der Waals surface area contributed by atoms with Crippen LogP contribution in [0.25, 0.3) is 64.0 Å². The number of nitrogens with zero attached hydrogens (tertiary/aromatic N) is 1. The Labute approximate surface area is 272 Å². The number of anilines is 3. The van der Waals surface area contributed by atoms with Crippen molar-refractivity contribution in [1.82, 2.24) is 0 Å². The van der Waals surface area contributed by atoms with Crippen molar-refractivity contribution in [3.63, 3.8) is 0 Å². The maximum atomic E-state index is 2.42. The maximum absolute atomic E-state index is 2.42. The normalized spacial score (nSPS) is 11.5. The van der Waals surface area contributed by atoms with Crippen molar-refractivity contribution in [1.29, 1.82) is 0 Å². The van der Waals surface area contributed by atoms with Gasteiger partial charge in [-0.05, 0) is 75.5 Å². The third-order valence-electron chi connectivity index (χ3n) is 9.04. The summed E-state index contributed by atoms with van der Waals surface area (Å²) in [5.41, 5.74) is 8.29. The molecule has 0 radical (unpaired) electrons. The van der Waals surface area contributed by atoms with Crippen LogP contribution in [0.1, 0.15) is 0 Å². The van der Waals surface area contributed by atoms with E-state index in [4.69, 9.17) is 0 Å². The Hall–Kier alpha value is -5.70. The molecule has 8 aromatic carbocycles. The molecular formula is C44H29NS. The summed E-state index contributed by atoms with van der Waals surface area (Å²) in [7, 11) is 0. The van der Waals surface area contributed by atoms with Gasteiger partial charge in [0.25, 0.3) is 0 Å². The van der Waals surface area contributed by atoms with Crippen molar-refractivity contribution in [3.05, 3.63) is 176 Å². The Balaban J connectivity index is 1.24. The van der Waals surface area contributed by atoms with E-state index >= 15 is 0 Å². The van der Waals surface area contributed by atoms with Crippen LogP contribution in [0, 0.1) is 0 Å². The zero-order chi connectivity index (χ0) is 30.5. The van der Waals surface area contributed by atoms with Gasteiger partial charge < -0.3 is 4.90 Å². The Bertz CT molecular complexity index is 2510. The van der Waals surface area contributed by atoms with E-state index in [2.05, 4.69) is 181 Å². The van der Waals surface area contributed by atoms with Gasteiger partial charge in [-0.1, -0.05) is 133 Å². The topological polar surface area (TPSA) is 3.24 Å². The second-order valence-electron chi connectivity index (χ2n) is 11.8. The molecule has 0 spiro atoms. The number of fused-ring (bicyclic) bond motifs is 6. The quantitative estimate of drug-likeness (QED) is 0.189. The lowest BCUT2D eigenvalue weighted by Gasteiger charge is -2.27. The summed E-state index contributed by atoms with van der Waals surface area (Å²) in [4.78, 5) is 2.42. The van der Waals surface area contributed by atoms with E-state index in [9.17, 15) is 0 Å². The molecule has 0 N–H and O–H groups in total. The number of benzene rings is 8. The van der Waals surface area contributed by atoms with Crippen LogP contribution >= 0.6 is 11.3 Å². The fraction of sp³-hybridized carbons (Fsp3) is 0. The lowest BCUT2D eigenvalue weighted by Crippen LogP contribution is -2.10. The fourth-order valence-electron chi connectivity index (χ4n) is 6.75. The van der Waals surface area contributed by atoms with Gasteiger partial charge in [-0.15, -0.1) is 11.3 Å². The van der Waals surface area contributed by atoms with Crippen LogP contribution in [0.15, 0.2) is 176 Å². The summed E-state index contributed by atoms with van der Waals surface area (Å²) in [5, 5.41) is 7.65. The molecule has 0 aliphatic heterocycles. The van der Waals surface area contributed by atoms with Gasteiger partial charge in [0.15, 0.2) is 0 Å². The number of thiophene rings is 1. The summed E-state index contributed by atoms with van der Waals surface area (Å²) in [6.45, 7) is 0. The molecule has 1 aromatic heterocycles. The SMILES string of the molecule is c1ccc(-c2ccc(N(c3ccc(-c4ccc5ccccc5c4)cc3)c3cc4c5ccccc5sc4c4ccccc34)cc2)cc1. The van der Waals surface area contributed by atoms with Crippen molar-refractivity contribution < 1.29 is 0 Å². The monoisotopic (exact) mass is 603 g/mol. The average Bonchev–Trinajstić information content (AvgIpc) is 3.51. The van der Waals surface area contributed by atoms with Gasteiger partial charge in [-0.25, -0.2) is 0 Å². The molecule has 0 aliphatic rings. The van der Waals surface area contributed by atoms with Crippen LogP contribution in [0.5, 0.6) is 0 Å². The molecule has 46 heavy (non-hydrogen) atoms. The molecule has 0 saturated carbocycles. The van der Waals surface area contributed by atoms with Gasteiger partial charge in [-0.2, -0.15) is 0 Å². The number of hydrogen-bond acceptors (Lipinski definition) is 2. The van der Waals surface area contributed by atoms with Crippen molar-refractivity contribution in [2.24, 2.45) is 0 Å². The first-order chi connectivity index (χ1) is 22.8. The minimum absolute atomic E-state index is 1.13. The van der Waals surface area contributed by atoms with E-state index in [1.165, 1.54) is 69.7 Å². The van der Waals surface area contributed by atoms with E-state index in [0.717, 1.165) is 11.4 Å². The predicted octanol–water partition coefficient (Wildman–Crippen LogP) is 13.2. The minimum atomic E-state index is 1.13. The van der Waals surface area contributed by atoms with Crippen molar-refractivity contribution in [2.45, 2.75) is 0 Å². The number of hydrogen-bond donors (Lipinski definition) is 0. The van der Waals surface area contributed by atoms with Gasteiger partial charge in [0, 0.05) is 42.3 Å². The third kappa shape index (κ3) is 4.54. The lowest BCUT2D eigenvalue weighted by atomic mass is 9.99. The van der Waals surface area contributed by atoms with Crippen molar-refractivity contribution in [2.75, 3.05) is 4.90 Å². The molecule has 0 fully saturated rings. The van der Waals surface area contributed by atoms with Crippen LogP contribution < -0.4 is 4.90 Å².